The molecule has 36 heavy (non-hydrogen) atoms. The lowest BCUT2D eigenvalue weighted by molar-refractivity contribution is -0.132. The number of nitrogens with one attached hydrogen (secondary N) is 1. The predicted molar refractivity (Wildman–Crippen MR) is 141 cm³/mol. The van der Waals surface area contributed by atoms with Crippen molar-refractivity contribution in [1.29, 1.82) is 0 Å². The van der Waals surface area contributed by atoms with Crippen molar-refractivity contribution in [2.24, 2.45) is 0 Å². The number of hydrogen-bond acceptors (Lipinski definition) is 3. The highest BCUT2D eigenvalue weighted by Crippen LogP contribution is 2.28. The number of benzene rings is 3. The molecule has 6 nitrogen and oxygen atoms in total. The summed E-state index contributed by atoms with van der Waals surface area (Å²) in [6.45, 7) is 1.12. The molecule has 6 heteroatoms. The third-order valence-electron chi connectivity index (χ3n) is 6.79. The average molecular weight is 482 g/mol. The maximum absolute atomic E-state index is 13.7. The number of carbonyl (C=O) groups is 2. The Morgan fingerprint density at radius 3 is 2.39 bits per heavy atom. The van der Waals surface area contributed by atoms with Gasteiger partial charge in [0.25, 0.3) is 5.91 Å². The van der Waals surface area contributed by atoms with Gasteiger partial charge in [0, 0.05) is 41.8 Å². The lowest BCUT2D eigenvalue weighted by atomic mass is 10.1. The van der Waals surface area contributed by atoms with E-state index in [-0.39, 0.29) is 24.4 Å². The first-order valence-corrected chi connectivity index (χ1v) is 12.4. The minimum Gasteiger partial charge on any atom is -0.497 e. The van der Waals surface area contributed by atoms with Crippen LogP contribution in [0.4, 0.5) is 0 Å². The smallest absolute Gasteiger partial charge is 0.254 e. The van der Waals surface area contributed by atoms with Crippen LogP contribution in [0.3, 0.4) is 0 Å². The largest absolute Gasteiger partial charge is 0.497 e. The Morgan fingerprint density at radius 1 is 0.944 bits per heavy atom. The number of rotatable bonds is 10. The summed E-state index contributed by atoms with van der Waals surface area (Å²) in [6, 6.07) is 25.4. The Hall–Kier alpha value is -4.06. The van der Waals surface area contributed by atoms with Crippen LogP contribution in [-0.2, 0) is 17.8 Å². The fraction of sp³-hybridized carbons (Fsp3) is 0.267. The molecule has 0 saturated heterocycles. The first-order chi connectivity index (χ1) is 17.6. The van der Waals surface area contributed by atoms with E-state index < -0.39 is 0 Å². The van der Waals surface area contributed by atoms with Gasteiger partial charge in [-0.05, 0) is 60.7 Å². The summed E-state index contributed by atoms with van der Waals surface area (Å²) in [7, 11) is 1.64. The molecular weight excluding hydrogens is 450 g/mol. The van der Waals surface area contributed by atoms with Gasteiger partial charge in [0.05, 0.1) is 7.11 Å². The van der Waals surface area contributed by atoms with E-state index in [1.165, 1.54) is 10.9 Å². The summed E-state index contributed by atoms with van der Waals surface area (Å²) in [5.41, 5.74) is 3.92. The first kappa shape index (κ1) is 23.7. The van der Waals surface area contributed by atoms with E-state index >= 15 is 0 Å². The number of H-pyrrole nitrogens is 1. The van der Waals surface area contributed by atoms with E-state index in [4.69, 9.17) is 4.74 Å². The molecule has 0 unspecified atom stereocenters. The zero-order valence-electron chi connectivity index (χ0n) is 20.5. The van der Waals surface area contributed by atoms with Crippen LogP contribution in [0.15, 0.2) is 85.1 Å². The van der Waals surface area contributed by atoms with Crippen molar-refractivity contribution in [1.82, 2.24) is 14.8 Å². The fourth-order valence-electron chi connectivity index (χ4n) is 4.58. The van der Waals surface area contributed by atoms with Crippen molar-refractivity contribution >= 4 is 22.7 Å². The predicted octanol–water partition coefficient (Wildman–Crippen LogP) is 5.05. The van der Waals surface area contributed by atoms with Gasteiger partial charge in [-0.3, -0.25) is 9.59 Å². The van der Waals surface area contributed by atoms with Gasteiger partial charge in [0.1, 0.15) is 12.3 Å². The van der Waals surface area contributed by atoms with Crippen LogP contribution >= 0.6 is 0 Å². The van der Waals surface area contributed by atoms with Crippen LogP contribution < -0.4 is 4.74 Å². The molecule has 1 N–H and O–H groups in total. The van der Waals surface area contributed by atoms with Crippen molar-refractivity contribution in [3.8, 4) is 5.75 Å². The van der Waals surface area contributed by atoms with Crippen LogP contribution in [0.2, 0.25) is 0 Å². The van der Waals surface area contributed by atoms with E-state index in [2.05, 4.69) is 17.1 Å². The van der Waals surface area contributed by atoms with Crippen molar-refractivity contribution in [3.63, 3.8) is 0 Å². The van der Waals surface area contributed by atoms with Gasteiger partial charge in [-0.1, -0.05) is 48.5 Å². The molecule has 184 valence electrons. The Balaban J connectivity index is 1.35. The quantitative estimate of drug-likeness (QED) is 0.345. The highest BCUT2D eigenvalue weighted by atomic mass is 16.5. The molecule has 1 heterocycles. The summed E-state index contributed by atoms with van der Waals surface area (Å²) < 4.78 is 5.29. The lowest BCUT2D eigenvalue weighted by Gasteiger charge is -2.28. The Morgan fingerprint density at radius 2 is 1.67 bits per heavy atom. The second-order valence-electron chi connectivity index (χ2n) is 9.30. The molecule has 4 aromatic rings. The third kappa shape index (κ3) is 5.43. The van der Waals surface area contributed by atoms with Crippen LogP contribution in [0.25, 0.3) is 10.9 Å². The molecule has 1 aromatic heterocycles. The number of amides is 2. The second kappa shape index (κ2) is 10.7. The summed E-state index contributed by atoms with van der Waals surface area (Å²) in [4.78, 5) is 33.9. The molecule has 0 aliphatic heterocycles. The van der Waals surface area contributed by atoms with Gasteiger partial charge in [0.15, 0.2) is 0 Å². The van der Waals surface area contributed by atoms with Crippen LogP contribution in [0.5, 0.6) is 5.75 Å². The number of methoxy groups -OCH3 is 1. The molecule has 0 spiro atoms. The molecule has 1 saturated carbocycles. The molecule has 0 bridgehead atoms. The minimum atomic E-state index is -0.0764. The zero-order chi connectivity index (χ0) is 24.9. The highest BCUT2D eigenvalue weighted by Gasteiger charge is 2.35. The van der Waals surface area contributed by atoms with Crippen molar-refractivity contribution in [3.05, 3.63) is 102 Å². The van der Waals surface area contributed by atoms with Gasteiger partial charge in [-0.2, -0.15) is 0 Å². The van der Waals surface area contributed by atoms with Crippen LogP contribution in [-0.4, -0.2) is 52.8 Å². The lowest BCUT2D eigenvalue weighted by Crippen LogP contribution is -2.44. The van der Waals surface area contributed by atoms with E-state index in [0.717, 1.165) is 36.1 Å². The van der Waals surface area contributed by atoms with Crippen molar-refractivity contribution in [2.75, 3.05) is 20.2 Å². The van der Waals surface area contributed by atoms with E-state index in [1.807, 2.05) is 77.8 Å². The molecule has 0 radical (unpaired) electrons. The highest BCUT2D eigenvalue weighted by molar-refractivity contribution is 5.97. The molecule has 3 aromatic carbocycles. The summed E-state index contributed by atoms with van der Waals surface area (Å²) in [5, 5.41) is 1.17. The zero-order valence-corrected chi connectivity index (χ0v) is 20.5. The Kier molecular flexibility index (Phi) is 7.03. The summed E-state index contributed by atoms with van der Waals surface area (Å²) >= 11 is 0. The van der Waals surface area contributed by atoms with Gasteiger partial charge >= 0.3 is 0 Å². The molecule has 1 aliphatic carbocycles. The van der Waals surface area contributed by atoms with Crippen LogP contribution in [0, 0.1) is 0 Å². The minimum absolute atomic E-state index is 0.0400. The third-order valence-corrected chi connectivity index (χ3v) is 6.79. The normalized spacial score (nSPS) is 12.9. The number of hydrogen-bond donors (Lipinski definition) is 1. The molecule has 5 rings (SSSR count). The van der Waals surface area contributed by atoms with Gasteiger partial charge in [-0.15, -0.1) is 0 Å². The van der Waals surface area contributed by atoms with E-state index in [0.29, 0.717) is 18.7 Å². The first-order valence-electron chi connectivity index (χ1n) is 12.4. The monoisotopic (exact) mass is 481 g/mol. The number of nitrogens with zero attached hydrogens (tertiary/aromatic N) is 2. The number of ether oxygens (including phenoxy) is 1. The number of fused-ring (bicyclic) bond motifs is 1. The number of carbonyl (C=O) groups excluding carboxylic acids is 2. The maximum atomic E-state index is 13.7. The van der Waals surface area contributed by atoms with E-state index in [9.17, 15) is 9.59 Å². The SMILES string of the molecule is COc1ccc(CN(CCc2c[nH]c3ccccc23)C(=O)CN(C(=O)c2ccccc2)C2CC2)cc1. The Labute approximate surface area is 211 Å². The second-order valence-corrected chi connectivity index (χ2v) is 9.30. The summed E-state index contributed by atoms with van der Waals surface area (Å²) in [6.07, 6.45) is 4.64. The van der Waals surface area contributed by atoms with Crippen LogP contribution in [0.1, 0.15) is 34.3 Å². The standard InChI is InChI=1S/C30H31N3O3/c1-36-26-15-11-22(12-16-26)20-32(18-17-24-19-31-28-10-6-5-9-27(24)28)29(34)21-33(25-13-14-25)30(35)23-7-3-2-4-8-23/h2-12,15-16,19,25,31H,13-14,17-18,20-21H2,1H3. The van der Waals surface area contributed by atoms with Crippen molar-refractivity contribution in [2.45, 2.75) is 31.8 Å². The maximum Gasteiger partial charge on any atom is 0.254 e. The topological polar surface area (TPSA) is 65.6 Å². The number of para-hydroxylation sites is 1. The number of aromatic nitrogens is 1. The molecule has 1 aliphatic rings. The van der Waals surface area contributed by atoms with E-state index in [1.54, 1.807) is 12.0 Å². The molecular formula is C30H31N3O3. The Bertz CT molecular complexity index is 1330. The van der Waals surface area contributed by atoms with Gasteiger partial charge < -0.3 is 19.5 Å². The van der Waals surface area contributed by atoms with Gasteiger partial charge in [-0.25, -0.2) is 0 Å². The fourth-order valence-corrected chi connectivity index (χ4v) is 4.58. The number of aromatic amines is 1. The molecule has 0 atom stereocenters. The van der Waals surface area contributed by atoms with Crippen molar-refractivity contribution < 1.29 is 14.3 Å². The molecule has 1 fully saturated rings. The van der Waals surface area contributed by atoms with Gasteiger partial charge in [0.2, 0.25) is 5.91 Å². The molecule has 2 amide bonds. The summed E-state index contributed by atoms with van der Waals surface area (Å²) in [5.74, 6) is 0.665. The average Bonchev–Trinajstić information content (AvgIpc) is 3.69.